The molecule has 2 aliphatic heterocycles. The smallest absolute Gasteiger partial charge is 0.226 e. The molecule has 3 heterocycles. The van der Waals surface area contributed by atoms with E-state index >= 15 is 0 Å². The van der Waals surface area contributed by atoms with Crippen molar-refractivity contribution in [3.8, 4) is 11.3 Å². The first kappa shape index (κ1) is 26.0. The quantitative estimate of drug-likeness (QED) is 0.299. The number of benzene rings is 2. The van der Waals surface area contributed by atoms with Gasteiger partial charge >= 0.3 is 0 Å². The van der Waals surface area contributed by atoms with Gasteiger partial charge in [0, 0.05) is 37.8 Å². The minimum atomic E-state index is -0.235. The van der Waals surface area contributed by atoms with Crippen molar-refractivity contribution in [3.63, 3.8) is 0 Å². The SMILES string of the molecule is CNC(=O)CCCCCC(NC(=O)CC1=CSC2=NCCCN12)c1ncc(-c2ccc3ccccc3c2)[nH]1. The van der Waals surface area contributed by atoms with Crippen LogP contribution in [0.1, 0.15) is 56.8 Å². The molecule has 2 aliphatic rings. The summed E-state index contributed by atoms with van der Waals surface area (Å²) in [6.45, 7) is 1.76. The van der Waals surface area contributed by atoms with E-state index in [9.17, 15) is 9.59 Å². The maximum Gasteiger partial charge on any atom is 0.226 e. The number of carbonyl (C=O) groups excluding carboxylic acids is 2. The van der Waals surface area contributed by atoms with Crippen LogP contribution in [-0.2, 0) is 9.59 Å². The van der Waals surface area contributed by atoms with Crippen molar-refractivity contribution >= 4 is 39.5 Å². The molecular formula is C29H34N6O2S. The highest BCUT2D eigenvalue weighted by Gasteiger charge is 2.27. The second-order valence-electron chi connectivity index (χ2n) is 9.71. The van der Waals surface area contributed by atoms with Gasteiger partial charge in [-0.05, 0) is 41.5 Å². The van der Waals surface area contributed by atoms with Crippen LogP contribution in [0, 0.1) is 0 Å². The minimum Gasteiger partial charge on any atom is -0.359 e. The number of H-pyrrole nitrogens is 1. The predicted molar refractivity (Wildman–Crippen MR) is 153 cm³/mol. The number of thioether (sulfide) groups is 1. The van der Waals surface area contributed by atoms with E-state index < -0.39 is 0 Å². The number of carbonyl (C=O) groups is 2. The van der Waals surface area contributed by atoms with E-state index in [0.717, 1.165) is 73.1 Å². The number of hydrogen-bond acceptors (Lipinski definition) is 6. The Hall–Kier alpha value is -3.59. The van der Waals surface area contributed by atoms with Crippen LogP contribution in [0.5, 0.6) is 0 Å². The van der Waals surface area contributed by atoms with Gasteiger partial charge in [-0.25, -0.2) is 4.98 Å². The van der Waals surface area contributed by atoms with E-state index in [4.69, 9.17) is 0 Å². The monoisotopic (exact) mass is 530 g/mol. The molecule has 1 aromatic heterocycles. The molecule has 8 nitrogen and oxygen atoms in total. The van der Waals surface area contributed by atoms with Gasteiger partial charge in [-0.15, -0.1) is 0 Å². The van der Waals surface area contributed by atoms with E-state index in [1.165, 1.54) is 10.8 Å². The molecular weight excluding hydrogens is 496 g/mol. The lowest BCUT2D eigenvalue weighted by atomic mass is 10.1. The third-order valence-corrected chi connectivity index (χ3v) is 7.95. The first-order valence-corrected chi connectivity index (χ1v) is 14.2. The lowest BCUT2D eigenvalue weighted by Gasteiger charge is -2.25. The summed E-state index contributed by atoms with van der Waals surface area (Å²) in [4.78, 5) is 39.6. The van der Waals surface area contributed by atoms with Gasteiger partial charge in [0.15, 0.2) is 5.17 Å². The summed E-state index contributed by atoms with van der Waals surface area (Å²) in [7, 11) is 1.66. The molecule has 0 spiro atoms. The number of hydrogen-bond donors (Lipinski definition) is 3. The molecule has 3 aromatic rings. The van der Waals surface area contributed by atoms with Gasteiger partial charge in [-0.1, -0.05) is 61.0 Å². The van der Waals surface area contributed by atoms with Crippen molar-refractivity contribution in [2.45, 2.75) is 51.0 Å². The average Bonchev–Trinajstić information content (AvgIpc) is 3.60. The predicted octanol–water partition coefficient (Wildman–Crippen LogP) is 5.12. The molecule has 2 amide bonds. The summed E-state index contributed by atoms with van der Waals surface area (Å²) < 4.78 is 0. The maximum atomic E-state index is 13.2. The third kappa shape index (κ3) is 6.27. The van der Waals surface area contributed by atoms with Gasteiger partial charge in [0.05, 0.1) is 24.4 Å². The molecule has 5 rings (SSSR count). The van der Waals surface area contributed by atoms with Crippen LogP contribution >= 0.6 is 11.8 Å². The summed E-state index contributed by atoms with van der Waals surface area (Å²) in [5.74, 6) is 0.787. The molecule has 198 valence electrons. The largest absolute Gasteiger partial charge is 0.359 e. The zero-order valence-corrected chi connectivity index (χ0v) is 22.5. The lowest BCUT2D eigenvalue weighted by molar-refractivity contribution is -0.121. The van der Waals surface area contributed by atoms with Crippen molar-refractivity contribution < 1.29 is 9.59 Å². The first-order valence-electron chi connectivity index (χ1n) is 13.3. The van der Waals surface area contributed by atoms with Crippen LogP contribution in [0.2, 0.25) is 0 Å². The molecule has 0 saturated heterocycles. The zero-order valence-electron chi connectivity index (χ0n) is 21.7. The van der Waals surface area contributed by atoms with Gasteiger partial charge in [0.2, 0.25) is 11.8 Å². The first-order chi connectivity index (χ1) is 18.6. The number of nitrogens with zero attached hydrogens (tertiary/aromatic N) is 3. The zero-order chi connectivity index (χ0) is 26.3. The summed E-state index contributed by atoms with van der Waals surface area (Å²) in [5.41, 5.74) is 2.99. The van der Waals surface area contributed by atoms with Crippen molar-refractivity contribution in [3.05, 3.63) is 65.6 Å². The maximum absolute atomic E-state index is 13.2. The van der Waals surface area contributed by atoms with Crippen molar-refractivity contribution in [2.75, 3.05) is 20.1 Å². The Balaban J connectivity index is 1.27. The number of nitrogens with one attached hydrogen (secondary N) is 3. The molecule has 0 bridgehead atoms. The van der Waals surface area contributed by atoms with Crippen LogP contribution in [0.3, 0.4) is 0 Å². The Morgan fingerprint density at radius 2 is 1.97 bits per heavy atom. The molecule has 2 aromatic carbocycles. The van der Waals surface area contributed by atoms with E-state index in [1.54, 1.807) is 18.8 Å². The Morgan fingerprint density at radius 3 is 2.84 bits per heavy atom. The molecule has 1 atom stereocenters. The molecule has 38 heavy (non-hydrogen) atoms. The standard InChI is InChI=1S/C29H34N6O2S/c1-30-26(36)11-4-2-3-10-24(33-27(37)17-23-19-38-29-31-14-7-15-35(23)29)28-32-18-25(34-28)22-13-12-20-8-5-6-9-21(20)16-22/h5-6,8-9,12-13,16,18-19,24H,2-4,7,10-11,14-15,17H2,1H3,(H,30,36)(H,32,34)(H,33,37). The van der Waals surface area contributed by atoms with Crippen molar-refractivity contribution in [1.82, 2.24) is 25.5 Å². The number of amidine groups is 1. The van der Waals surface area contributed by atoms with Crippen LogP contribution < -0.4 is 10.6 Å². The third-order valence-electron chi connectivity index (χ3n) is 7.00. The second-order valence-corrected chi connectivity index (χ2v) is 10.5. The number of amides is 2. The molecule has 0 aliphatic carbocycles. The second kappa shape index (κ2) is 12.3. The number of aliphatic imine (C=N–C) groups is 1. The molecule has 0 fully saturated rings. The molecule has 9 heteroatoms. The summed E-state index contributed by atoms with van der Waals surface area (Å²) >= 11 is 1.60. The van der Waals surface area contributed by atoms with Crippen LogP contribution in [0.4, 0.5) is 0 Å². The number of fused-ring (bicyclic) bond motifs is 2. The fraction of sp³-hybridized carbons (Fsp3) is 0.379. The van der Waals surface area contributed by atoms with E-state index in [-0.39, 0.29) is 17.9 Å². The highest BCUT2D eigenvalue weighted by Crippen LogP contribution is 2.31. The number of rotatable bonds is 11. The van der Waals surface area contributed by atoms with E-state index in [2.05, 4.69) is 60.8 Å². The van der Waals surface area contributed by atoms with Gasteiger partial charge in [0.25, 0.3) is 0 Å². The number of aromatic nitrogens is 2. The lowest BCUT2D eigenvalue weighted by Crippen LogP contribution is -2.34. The molecule has 0 radical (unpaired) electrons. The Bertz CT molecular complexity index is 1360. The summed E-state index contributed by atoms with van der Waals surface area (Å²) in [6.07, 6.45) is 7.05. The number of aromatic amines is 1. The van der Waals surface area contributed by atoms with Gasteiger partial charge in [-0.3, -0.25) is 14.6 Å². The number of imidazole rings is 1. The summed E-state index contributed by atoms with van der Waals surface area (Å²) in [5, 5.41) is 11.3. The number of unbranched alkanes of at least 4 members (excludes halogenated alkanes) is 2. The molecule has 3 N–H and O–H groups in total. The van der Waals surface area contributed by atoms with Gasteiger partial charge in [-0.2, -0.15) is 0 Å². The molecule has 1 unspecified atom stereocenters. The van der Waals surface area contributed by atoms with Crippen molar-refractivity contribution in [1.29, 1.82) is 0 Å². The van der Waals surface area contributed by atoms with E-state index in [1.807, 2.05) is 23.7 Å². The van der Waals surface area contributed by atoms with Gasteiger partial charge in [0.1, 0.15) is 5.82 Å². The molecule has 0 saturated carbocycles. The van der Waals surface area contributed by atoms with Crippen LogP contribution in [0.25, 0.3) is 22.0 Å². The van der Waals surface area contributed by atoms with Gasteiger partial charge < -0.3 is 20.5 Å². The van der Waals surface area contributed by atoms with E-state index in [0.29, 0.717) is 12.8 Å². The highest BCUT2D eigenvalue weighted by atomic mass is 32.2. The van der Waals surface area contributed by atoms with Crippen molar-refractivity contribution in [2.24, 2.45) is 4.99 Å². The Morgan fingerprint density at radius 1 is 1.11 bits per heavy atom. The normalized spacial score (nSPS) is 15.6. The topological polar surface area (TPSA) is 102 Å². The Labute approximate surface area is 227 Å². The highest BCUT2D eigenvalue weighted by molar-refractivity contribution is 8.16. The van der Waals surface area contributed by atoms with Crippen LogP contribution in [-0.4, -0.2) is 52.0 Å². The summed E-state index contributed by atoms with van der Waals surface area (Å²) in [6, 6.07) is 14.4. The average molecular weight is 531 g/mol. The Kier molecular flexibility index (Phi) is 8.43. The minimum absolute atomic E-state index is 0.0253. The fourth-order valence-electron chi connectivity index (χ4n) is 4.91. The fourth-order valence-corrected chi connectivity index (χ4v) is 5.87. The van der Waals surface area contributed by atoms with Crippen LogP contribution in [0.15, 0.2) is 64.8 Å².